The van der Waals surface area contributed by atoms with Gasteiger partial charge >= 0.3 is 5.97 Å². The maximum atomic E-state index is 11.6. The Morgan fingerprint density at radius 1 is 1.33 bits per heavy atom. The van der Waals surface area contributed by atoms with E-state index in [1.54, 1.807) is 18.7 Å². The van der Waals surface area contributed by atoms with Crippen LogP contribution in [-0.2, 0) is 19.1 Å². The standard InChI is InChI=1S/C18H24O5S/c1-11(16(12(2)19)17(20)21)13-5-7-15(8-6-13)24-10-14-9-22-18(3,4)23-14/h5-8,11,14,16H,9-10H2,1-4H3,(H,20,21). The molecule has 0 saturated carbocycles. The van der Waals surface area contributed by atoms with Crippen LogP contribution in [0.4, 0.5) is 0 Å². The largest absolute Gasteiger partial charge is 0.481 e. The van der Waals surface area contributed by atoms with Gasteiger partial charge in [0.05, 0.1) is 12.7 Å². The minimum absolute atomic E-state index is 0.0673. The van der Waals surface area contributed by atoms with Crippen LogP contribution in [0.3, 0.4) is 0 Å². The number of ketones is 1. The molecule has 1 aliphatic rings. The van der Waals surface area contributed by atoms with Gasteiger partial charge in [0.2, 0.25) is 0 Å². The Bertz CT molecular complexity index is 582. The van der Waals surface area contributed by atoms with E-state index in [0.717, 1.165) is 16.2 Å². The van der Waals surface area contributed by atoms with Crippen molar-refractivity contribution in [3.8, 4) is 0 Å². The molecular formula is C18H24O5S. The predicted molar refractivity (Wildman–Crippen MR) is 92.3 cm³/mol. The number of benzene rings is 1. The summed E-state index contributed by atoms with van der Waals surface area (Å²) in [5.74, 6) is -2.47. The van der Waals surface area contributed by atoms with Gasteiger partial charge in [0.25, 0.3) is 0 Å². The first kappa shape index (κ1) is 19.0. The van der Waals surface area contributed by atoms with E-state index in [0.29, 0.717) is 6.61 Å². The molecule has 1 aromatic rings. The van der Waals surface area contributed by atoms with E-state index in [1.807, 2.05) is 38.1 Å². The Kier molecular flexibility index (Phi) is 6.06. The molecule has 24 heavy (non-hydrogen) atoms. The van der Waals surface area contributed by atoms with Crippen molar-refractivity contribution in [2.75, 3.05) is 12.4 Å². The Morgan fingerprint density at radius 3 is 2.42 bits per heavy atom. The fourth-order valence-electron chi connectivity index (χ4n) is 2.83. The summed E-state index contributed by atoms with van der Waals surface area (Å²) in [7, 11) is 0. The van der Waals surface area contributed by atoms with Crippen LogP contribution in [0.15, 0.2) is 29.2 Å². The first-order chi connectivity index (χ1) is 11.2. The van der Waals surface area contributed by atoms with E-state index in [-0.39, 0.29) is 17.8 Å². The number of carboxylic acids is 1. The minimum Gasteiger partial charge on any atom is -0.481 e. The third kappa shape index (κ3) is 4.82. The number of Topliss-reactive ketones (excluding diaryl/α,β-unsaturated/α-hetero) is 1. The lowest BCUT2D eigenvalue weighted by molar-refractivity contribution is -0.146. The Labute approximate surface area is 146 Å². The number of carbonyl (C=O) groups is 2. The number of thioether (sulfide) groups is 1. The van der Waals surface area contributed by atoms with Crippen molar-refractivity contribution in [1.29, 1.82) is 0 Å². The SMILES string of the molecule is CC(=O)C(C(=O)O)C(C)c1ccc(SCC2COC(C)(C)O2)cc1. The molecule has 1 N–H and O–H groups in total. The van der Waals surface area contributed by atoms with Crippen molar-refractivity contribution in [2.45, 2.75) is 50.4 Å². The maximum absolute atomic E-state index is 11.6. The quantitative estimate of drug-likeness (QED) is 0.599. The second kappa shape index (κ2) is 7.68. The van der Waals surface area contributed by atoms with Crippen molar-refractivity contribution in [3.05, 3.63) is 29.8 Å². The third-order valence-electron chi connectivity index (χ3n) is 4.11. The summed E-state index contributed by atoms with van der Waals surface area (Å²) < 4.78 is 11.3. The van der Waals surface area contributed by atoms with E-state index in [1.165, 1.54) is 6.92 Å². The van der Waals surface area contributed by atoms with Crippen molar-refractivity contribution in [1.82, 2.24) is 0 Å². The van der Waals surface area contributed by atoms with Gasteiger partial charge in [0.1, 0.15) is 11.7 Å². The minimum atomic E-state index is -1.07. The molecule has 132 valence electrons. The molecule has 1 heterocycles. The molecule has 0 amide bonds. The lowest BCUT2D eigenvalue weighted by Gasteiger charge is -2.18. The lowest BCUT2D eigenvalue weighted by atomic mass is 9.85. The number of carboxylic acid groups (broad SMARTS) is 1. The molecule has 1 aromatic carbocycles. The number of rotatable bonds is 7. The zero-order chi connectivity index (χ0) is 17.9. The molecule has 3 atom stereocenters. The molecule has 0 radical (unpaired) electrons. The van der Waals surface area contributed by atoms with Crippen molar-refractivity contribution in [2.24, 2.45) is 5.92 Å². The van der Waals surface area contributed by atoms with Gasteiger partial charge in [0, 0.05) is 16.6 Å². The van der Waals surface area contributed by atoms with E-state index < -0.39 is 17.7 Å². The molecule has 6 heteroatoms. The summed E-state index contributed by atoms with van der Waals surface area (Å²) in [6, 6.07) is 7.69. The van der Waals surface area contributed by atoms with Gasteiger partial charge < -0.3 is 14.6 Å². The average Bonchev–Trinajstić information content (AvgIpc) is 2.84. The van der Waals surface area contributed by atoms with E-state index in [4.69, 9.17) is 9.47 Å². The molecule has 1 aliphatic heterocycles. The van der Waals surface area contributed by atoms with Gasteiger partial charge in [-0.1, -0.05) is 19.1 Å². The first-order valence-electron chi connectivity index (χ1n) is 7.97. The molecular weight excluding hydrogens is 328 g/mol. The predicted octanol–water partition coefficient (Wildman–Crippen LogP) is 3.32. The van der Waals surface area contributed by atoms with Crippen LogP contribution in [0.25, 0.3) is 0 Å². The highest BCUT2D eigenvalue weighted by Crippen LogP contribution is 2.30. The normalized spacial score (nSPS) is 22.1. The van der Waals surface area contributed by atoms with Crippen molar-refractivity contribution in [3.63, 3.8) is 0 Å². The number of aliphatic carboxylic acids is 1. The topological polar surface area (TPSA) is 72.8 Å². The fraction of sp³-hybridized carbons (Fsp3) is 0.556. The van der Waals surface area contributed by atoms with Crippen LogP contribution in [0.2, 0.25) is 0 Å². The summed E-state index contributed by atoms with van der Waals surface area (Å²) in [4.78, 5) is 23.9. The van der Waals surface area contributed by atoms with E-state index >= 15 is 0 Å². The summed E-state index contributed by atoms with van der Waals surface area (Å²) in [5.41, 5.74) is 0.850. The summed E-state index contributed by atoms with van der Waals surface area (Å²) in [6.45, 7) is 7.50. The molecule has 5 nitrogen and oxygen atoms in total. The van der Waals surface area contributed by atoms with Gasteiger partial charge in [-0.3, -0.25) is 9.59 Å². The number of carbonyl (C=O) groups excluding carboxylic acids is 1. The van der Waals surface area contributed by atoms with Crippen molar-refractivity contribution >= 4 is 23.5 Å². The fourth-order valence-corrected chi connectivity index (χ4v) is 3.71. The molecule has 3 unspecified atom stereocenters. The highest BCUT2D eigenvalue weighted by Gasteiger charge is 2.32. The van der Waals surface area contributed by atoms with Gasteiger partial charge in [-0.25, -0.2) is 0 Å². The van der Waals surface area contributed by atoms with Gasteiger partial charge in [-0.2, -0.15) is 0 Å². The Morgan fingerprint density at radius 2 is 1.96 bits per heavy atom. The zero-order valence-corrected chi connectivity index (χ0v) is 15.3. The monoisotopic (exact) mass is 352 g/mol. The van der Waals surface area contributed by atoms with Crippen LogP contribution < -0.4 is 0 Å². The summed E-state index contributed by atoms with van der Waals surface area (Å²) >= 11 is 1.67. The zero-order valence-electron chi connectivity index (χ0n) is 14.4. The van der Waals surface area contributed by atoms with E-state index in [9.17, 15) is 14.7 Å². The van der Waals surface area contributed by atoms with Gasteiger partial charge in [0.15, 0.2) is 5.79 Å². The van der Waals surface area contributed by atoms with Crippen LogP contribution in [-0.4, -0.2) is 41.1 Å². The third-order valence-corrected chi connectivity index (χ3v) is 5.26. The van der Waals surface area contributed by atoms with Crippen LogP contribution >= 0.6 is 11.8 Å². The molecule has 0 aliphatic carbocycles. The Hall–Kier alpha value is -1.37. The maximum Gasteiger partial charge on any atom is 0.314 e. The molecule has 1 saturated heterocycles. The van der Waals surface area contributed by atoms with Crippen LogP contribution in [0.1, 0.15) is 39.2 Å². The van der Waals surface area contributed by atoms with Gasteiger partial charge in [-0.15, -0.1) is 11.8 Å². The first-order valence-corrected chi connectivity index (χ1v) is 8.96. The smallest absolute Gasteiger partial charge is 0.314 e. The number of hydrogen-bond donors (Lipinski definition) is 1. The van der Waals surface area contributed by atoms with Gasteiger partial charge in [-0.05, 0) is 38.5 Å². The number of ether oxygens (including phenoxy) is 2. The molecule has 0 spiro atoms. The lowest BCUT2D eigenvalue weighted by Crippen LogP contribution is -2.26. The summed E-state index contributed by atoms with van der Waals surface area (Å²) in [6.07, 6.45) is 0.0673. The molecule has 0 bridgehead atoms. The van der Waals surface area contributed by atoms with Crippen LogP contribution in [0, 0.1) is 5.92 Å². The second-order valence-electron chi connectivity index (χ2n) is 6.55. The number of hydrogen-bond acceptors (Lipinski definition) is 5. The van der Waals surface area contributed by atoms with E-state index in [2.05, 4.69) is 0 Å². The van der Waals surface area contributed by atoms with Crippen molar-refractivity contribution < 1.29 is 24.2 Å². The highest BCUT2D eigenvalue weighted by molar-refractivity contribution is 7.99. The molecule has 2 rings (SSSR count). The Balaban J connectivity index is 1.95. The highest BCUT2D eigenvalue weighted by atomic mass is 32.2. The average molecular weight is 352 g/mol. The summed E-state index contributed by atoms with van der Waals surface area (Å²) in [5, 5.41) is 9.23. The van der Waals surface area contributed by atoms with Crippen LogP contribution in [0.5, 0.6) is 0 Å². The second-order valence-corrected chi connectivity index (χ2v) is 7.64. The molecule has 0 aromatic heterocycles. The molecule has 1 fully saturated rings.